The summed E-state index contributed by atoms with van der Waals surface area (Å²) in [5.74, 6) is -0.105. The summed E-state index contributed by atoms with van der Waals surface area (Å²) in [7, 11) is 0. The van der Waals surface area contributed by atoms with Crippen molar-refractivity contribution in [1.82, 2.24) is 5.32 Å². The second kappa shape index (κ2) is 5.59. The van der Waals surface area contributed by atoms with Crippen LogP contribution >= 0.6 is 12.2 Å². The largest absolute Gasteiger partial charge is 0.393 e. The Bertz CT molecular complexity index is 659. The third-order valence-corrected chi connectivity index (χ3v) is 3.94. The van der Waals surface area contributed by atoms with Crippen LogP contribution in [0.3, 0.4) is 0 Å². The number of rotatable bonds is 4. The van der Waals surface area contributed by atoms with Crippen LogP contribution in [0.15, 0.2) is 42.5 Å². The summed E-state index contributed by atoms with van der Waals surface area (Å²) < 4.78 is 0. The standard InChI is InChI=1S/C16H18N2OS/c1-16(2,15(17)20)10-18-14(19)13-9-5-7-11-6-3-4-8-12(11)13/h3-9H,10H2,1-2H3,(H2,17,20)(H,18,19). The van der Waals surface area contributed by atoms with Gasteiger partial charge in [0.1, 0.15) is 0 Å². The van der Waals surface area contributed by atoms with E-state index in [0.29, 0.717) is 17.1 Å². The lowest BCUT2D eigenvalue weighted by Crippen LogP contribution is -2.41. The highest BCUT2D eigenvalue weighted by atomic mass is 32.1. The molecule has 0 saturated heterocycles. The van der Waals surface area contributed by atoms with Gasteiger partial charge in [-0.3, -0.25) is 4.79 Å². The van der Waals surface area contributed by atoms with E-state index < -0.39 is 5.41 Å². The lowest BCUT2D eigenvalue weighted by Gasteiger charge is -2.23. The van der Waals surface area contributed by atoms with Crippen LogP contribution in [-0.4, -0.2) is 17.4 Å². The Morgan fingerprint density at radius 1 is 1.20 bits per heavy atom. The normalized spacial score (nSPS) is 11.3. The van der Waals surface area contributed by atoms with E-state index in [-0.39, 0.29) is 5.91 Å². The monoisotopic (exact) mass is 286 g/mol. The van der Waals surface area contributed by atoms with Gasteiger partial charge in [-0.2, -0.15) is 0 Å². The van der Waals surface area contributed by atoms with E-state index in [9.17, 15) is 4.79 Å². The molecule has 4 heteroatoms. The minimum Gasteiger partial charge on any atom is -0.393 e. The molecule has 0 heterocycles. The number of carbonyl (C=O) groups excluding carboxylic acids is 1. The van der Waals surface area contributed by atoms with Crippen molar-refractivity contribution in [2.45, 2.75) is 13.8 Å². The minimum atomic E-state index is -0.393. The Labute approximate surface area is 124 Å². The molecule has 0 bridgehead atoms. The minimum absolute atomic E-state index is 0.105. The molecule has 1 amide bonds. The molecule has 0 fully saturated rings. The molecule has 2 rings (SSSR count). The summed E-state index contributed by atoms with van der Waals surface area (Å²) in [6.45, 7) is 4.25. The number of nitrogens with one attached hydrogen (secondary N) is 1. The average molecular weight is 286 g/mol. The maximum atomic E-state index is 12.3. The number of fused-ring (bicyclic) bond motifs is 1. The first-order valence-electron chi connectivity index (χ1n) is 6.48. The molecular weight excluding hydrogens is 268 g/mol. The molecule has 20 heavy (non-hydrogen) atoms. The van der Waals surface area contributed by atoms with Crippen molar-refractivity contribution >= 4 is 33.9 Å². The third kappa shape index (κ3) is 2.96. The molecule has 0 unspecified atom stereocenters. The molecule has 0 aliphatic carbocycles. The Balaban J connectivity index is 2.22. The summed E-state index contributed by atoms with van der Waals surface area (Å²) >= 11 is 5.00. The molecule has 104 valence electrons. The van der Waals surface area contributed by atoms with Crippen molar-refractivity contribution in [1.29, 1.82) is 0 Å². The van der Waals surface area contributed by atoms with Crippen LogP contribution in [-0.2, 0) is 0 Å². The SMILES string of the molecule is CC(C)(CNC(=O)c1cccc2ccccc12)C(N)=S. The molecule has 2 aromatic rings. The lowest BCUT2D eigenvalue weighted by molar-refractivity contribution is 0.0946. The van der Waals surface area contributed by atoms with Crippen LogP contribution in [0.25, 0.3) is 10.8 Å². The Kier molecular flexibility index (Phi) is 4.04. The fraction of sp³-hybridized carbons (Fsp3) is 0.250. The van der Waals surface area contributed by atoms with Gasteiger partial charge in [0.15, 0.2) is 0 Å². The fourth-order valence-electron chi connectivity index (χ4n) is 1.91. The Morgan fingerprint density at radius 3 is 2.55 bits per heavy atom. The summed E-state index contributed by atoms with van der Waals surface area (Å²) in [5.41, 5.74) is 5.94. The number of benzene rings is 2. The maximum Gasteiger partial charge on any atom is 0.251 e. The number of hydrogen-bond acceptors (Lipinski definition) is 2. The molecule has 2 aromatic carbocycles. The van der Waals surface area contributed by atoms with Gasteiger partial charge in [-0.25, -0.2) is 0 Å². The first-order valence-corrected chi connectivity index (χ1v) is 6.88. The van der Waals surface area contributed by atoms with E-state index in [2.05, 4.69) is 5.32 Å². The molecule has 0 saturated carbocycles. The summed E-state index contributed by atoms with van der Waals surface area (Å²) in [6, 6.07) is 13.5. The van der Waals surface area contributed by atoms with E-state index in [0.717, 1.165) is 10.8 Å². The second-order valence-electron chi connectivity index (χ2n) is 5.46. The topological polar surface area (TPSA) is 55.1 Å². The number of carbonyl (C=O) groups is 1. The second-order valence-corrected chi connectivity index (χ2v) is 5.90. The lowest BCUT2D eigenvalue weighted by atomic mass is 9.93. The predicted octanol–water partition coefficient (Wildman–Crippen LogP) is 2.88. The van der Waals surface area contributed by atoms with Gasteiger partial charge in [0.25, 0.3) is 5.91 Å². The number of nitrogens with two attached hydrogens (primary N) is 1. The van der Waals surface area contributed by atoms with Gasteiger partial charge in [0.05, 0.1) is 4.99 Å². The van der Waals surface area contributed by atoms with E-state index in [1.807, 2.05) is 56.3 Å². The third-order valence-electron chi connectivity index (χ3n) is 3.39. The van der Waals surface area contributed by atoms with Gasteiger partial charge in [0.2, 0.25) is 0 Å². The van der Waals surface area contributed by atoms with Crippen molar-refractivity contribution in [3.05, 3.63) is 48.0 Å². The quantitative estimate of drug-likeness (QED) is 0.850. The zero-order valence-electron chi connectivity index (χ0n) is 11.6. The molecule has 0 atom stereocenters. The Morgan fingerprint density at radius 2 is 1.85 bits per heavy atom. The zero-order chi connectivity index (χ0) is 14.8. The molecule has 0 aliphatic rings. The highest BCUT2D eigenvalue weighted by Crippen LogP contribution is 2.19. The van der Waals surface area contributed by atoms with E-state index >= 15 is 0 Å². The summed E-state index contributed by atoms with van der Waals surface area (Å²) in [6.07, 6.45) is 0. The van der Waals surface area contributed by atoms with Gasteiger partial charge in [-0.05, 0) is 16.8 Å². The van der Waals surface area contributed by atoms with Crippen molar-refractivity contribution in [3.63, 3.8) is 0 Å². The molecular formula is C16H18N2OS. The van der Waals surface area contributed by atoms with Crippen molar-refractivity contribution in [2.75, 3.05) is 6.54 Å². The van der Waals surface area contributed by atoms with E-state index in [4.69, 9.17) is 18.0 Å². The fourth-order valence-corrected chi connectivity index (χ4v) is 1.98. The first kappa shape index (κ1) is 14.5. The van der Waals surface area contributed by atoms with Gasteiger partial charge < -0.3 is 11.1 Å². The molecule has 0 aromatic heterocycles. The highest BCUT2D eigenvalue weighted by Gasteiger charge is 2.22. The summed E-state index contributed by atoms with van der Waals surface area (Å²) in [5, 5.41) is 4.90. The van der Waals surface area contributed by atoms with Crippen LogP contribution in [0.5, 0.6) is 0 Å². The molecule has 3 N–H and O–H groups in total. The van der Waals surface area contributed by atoms with Crippen LogP contribution < -0.4 is 11.1 Å². The van der Waals surface area contributed by atoms with Crippen molar-refractivity contribution in [3.8, 4) is 0 Å². The number of hydrogen-bond donors (Lipinski definition) is 2. The molecule has 0 aliphatic heterocycles. The van der Waals surface area contributed by atoms with Crippen LogP contribution in [0.4, 0.5) is 0 Å². The van der Waals surface area contributed by atoms with E-state index in [1.165, 1.54) is 0 Å². The number of amides is 1. The molecule has 0 radical (unpaired) electrons. The van der Waals surface area contributed by atoms with Crippen LogP contribution in [0, 0.1) is 5.41 Å². The zero-order valence-corrected chi connectivity index (χ0v) is 12.5. The van der Waals surface area contributed by atoms with E-state index in [1.54, 1.807) is 0 Å². The predicted molar refractivity (Wildman–Crippen MR) is 86.8 cm³/mol. The molecule has 3 nitrogen and oxygen atoms in total. The highest BCUT2D eigenvalue weighted by molar-refractivity contribution is 7.80. The van der Waals surface area contributed by atoms with Gasteiger partial charge in [-0.1, -0.05) is 62.5 Å². The molecule has 0 spiro atoms. The smallest absolute Gasteiger partial charge is 0.251 e. The first-order chi connectivity index (χ1) is 9.42. The van der Waals surface area contributed by atoms with Crippen LogP contribution in [0.1, 0.15) is 24.2 Å². The number of thiocarbonyl (C=S) groups is 1. The van der Waals surface area contributed by atoms with Crippen LogP contribution in [0.2, 0.25) is 0 Å². The maximum absolute atomic E-state index is 12.3. The van der Waals surface area contributed by atoms with Gasteiger partial charge in [-0.15, -0.1) is 0 Å². The Hall–Kier alpha value is -1.94. The average Bonchev–Trinajstić information content (AvgIpc) is 2.44. The van der Waals surface area contributed by atoms with Gasteiger partial charge in [0, 0.05) is 17.5 Å². The van der Waals surface area contributed by atoms with Crippen molar-refractivity contribution < 1.29 is 4.79 Å². The van der Waals surface area contributed by atoms with Gasteiger partial charge >= 0.3 is 0 Å². The van der Waals surface area contributed by atoms with Crippen molar-refractivity contribution in [2.24, 2.45) is 11.1 Å². The summed E-state index contributed by atoms with van der Waals surface area (Å²) in [4.78, 5) is 12.7.